The molecule has 0 saturated heterocycles. The zero-order valence-corrected chi connectivity index (χ0v) is 14.5. The molecule has 1 aromatic heterocycles. The summed E-state index contributed by atoms with van der Waals surface area (Å²) in [6.45, 7) is 2.57. The van der Waals surface area contributed by atoms with E-state index in [1.165, 1.54) is 11.6 Å². The summed E-state index contributed by atoms with van der Waals surface area (Å²) in [7, 11) is 0. The second kappa shape index (κ2) is 7.36. The molecule has 1 heterocycles. The van der Waals surface area contributed by atoms with Crippen LogP contribution in [0.4, 0.5) is 18.9 Å². The molecule has 0 unspecified atom stereocenters. The standard InChI is InChI=1S/C20H20F3N3/c1-2-26(17-7-5-14(10-17)16-4-3-9-25-13-16)18-8-6-15(12-24)19(11-18)20(21,22)23/h3-4,6,8-9,11,13-14,17H,2,5,7,10H2,1H3/t14-,17+/m1/s1. The van der Waals surface area contributed by atoms with E-state index >= 15 is 0 Å². The molecule has 6 heteroatoms. The van der Waals surface area contributed by atoms with Gasteiger partial charge in [0.2, 0.25) is 0 Å². The minimum absolute atomic E-state index is 0.180. The number of alkyl halides is 3. The number of pyridine rings is 1. The van der Waals surface area contributed by atoms with Gasteiger partial charge in [-0.1, -0.05) is 6.07 Å². The lowest BCUT2D eigenvalue weighted by Crippen LogP contribution is -2.33. The van der Waals surface area contributed by atoms with Crippen LogP contribution in [0, 0.1) is 11.3 Å². The van der Waals surface area contributed by atoms with E-state index < -0.39 is 11.7 Å². The number of nitriles is 1. The minimum Gasteiger partial charge on any atom is -0.369 e. The average molecular weight is 359 g/mol. The van der Waals surface area contributed by atoms with Crippen LogP contribution in [0.5, 0.6) is 0 Å². The summed E-state index contributed by atoms with van der Waals surface area (Å²) in [6.07, 6.45) is 1.88. The van der Waals surface area contributed by atoms with Gasteiger partial charge in [-0.25, -0.2) is 0 Å². The normalized spacial score (nSPS) is 20.0. The highest BCUT2D eigenvalue weighted by Crippen LogP contribution is 2.40. The van der Waals surface area contributed by atoms with Gasteiger partial charge >= 0.3 is 6.18 Å². The number of hydrogen-bond donors (Lipinski definition) is 0. The molecule has 0 N–H and O–H groups in total. The Balaban J connectivity index is 1.85. The zero-order chi connectivity index (χ0) is 18.7. The predicted molar refractivity (Wildman–Crippen MR) is 93.8 cm³/mol. The van der Waals surface area contributed by atoms with E-state index in [9.17, 15) is 13.2 Å². The molecule has 0 radical (unpaired) electrons. The maximum Gasteiger partial charge on any atom is 0.417 e. The van der Waals surface area contributed by atoms with Crippen LogP contribution in [-0.2, 0) is 6.18 Å². The van der Waals surface area contributed by atoms with E-state index in [1.54, 1.807) is 18.3 Å². The second-order valence-electron chi connectivity index (χ2n) is 6.58. The summed E-state index contributed by atoms with van der Waals surface area (Å²) in [4.78, 5) is 6.19. The van der Waals surface area contributed by atoms with Gasteiger partial charge in [0, 0.05) is 30.7 Å². The highest BCUT2D eigenvalue weighted by atomic mass is 19.4. The molecule has 0 aliphatic heterocycles. The fourth-order valence-corrected chi connectivity index (χ4v) is 3.86. The molecule has 0 bridgehead atoms. The van der Waals surface area contributed by atoms with E-state index in [0.29, 0.717) is 18.2 Å². The lowest BCUT2D eigenvalue weighted by molar-refractivity contribution is -0.137. The van der Waals surface area contributed by atoms with Crippen LogP contribution in [0.3, 0.4) is 0 Å². The summed E-state index contributed by atoms with van der Waals surface area (Å²) in [5.74, 6) is 0.378. The van der Waals surface area contributed by atoms with Crippen molar-refractivity contribution in [1.82, 2.24) is 4.98 Å². The predicted octanol–water partition coefficient (Wildman–Crippen LogP) is 5.13. The SMILES string of the molecule is CCN(c1ccc(C#N)c(C(F)(F)F)c1)[C@H]1CC[C@@H](c2cccnc2)C1. The van der Waals surface area contributed by atoms with Crippen molar-refractivity contribution in [2.75, 3.05) is 11.4 Å². The van der Waals surface area contributed by atoms with Crippen molar-refractivity contribution in [2.24, 2.45) is 0 Å². The van der Waals surface area contributed by atoms with Gasteiger partial charge in [-0.3, -0.25) is 4.98 Å². The molecule has 26 heavy (non-hydrogen) atoms. The van der Waals surface area contributed by atoms with Crippen molar-refractivity contribution in [3.05, 3.63) is 59.4 Å². The summed E-state index contributed by atoms with van der Waals surface area (Å²) < 4.78 is 39.8. The van der Waals surface area contributed by atoms with E-state index in [2.05, 4.69) is 11.1 Å². The lowest BCUT2D eigenvalue weighted by atomic mass is 9.99. The Morgan fingerprint density at radius 2 is 2.08 bits per heavy atom. The van der Waals surface area contributed by atoms with E-state index in [0.717, 1.165) is 25.3 Å². The van der Waals surface area contributed by atoms with Gasteiger partial charge in [0.25, 0.3) is 0 Å². The first-order valence-electron chi connectivity index (χ1n) is 8.72. The van der Waals surface area contributed by atoms with Gasteiger partial charge in [-0.05, 0) is 61.9 Å². The molecule has 136 valence electrons. The lowest BCUT2D eigenvalue weighted by Gasteiger charge is -2.31. The molecule has 1 aliphatic carbocycles. The summed E-state index contributed by atoms with van der Waals surface area (Å²) in [5, 5.41) is 8.97. The number of rotatable bonds is 4. The molecule has 0 amide bonds. The van der Waals surface area contributed by atoms with Crippen LogP contribution in [-0.4, -0.2) is 17.6 Å². The van der Waals surface area contributed by atoms with E-state index in [-0.39, 0.29) is 11.6 Å². The fourth-order valence-electron chi connectivity index (χ4n) is 3.86. The van der Waals surface area contributed by atoms with Crippen molar-refractivity contribution in [3.8, 4) is 6.07 Å². The molecule has 3 rings (SSSR count). The first kappa shape index (κ1) is 18.2. The minimum atomic E-state index is -4.53. The first-order valence-corrected chi connectivity index (χ1v) is 8.72. The third-order valence-corrected chi connectivity index (χ3v) is 5.10. The third kappa shape index (κ3) is 3.67. The van der Waals surface area contributed by atoms with Gasteiger partial charge in [0.1, 0.15) is 0 Å². The fraction of sp³-hybridized carbons (Fsp3) is 0.400. The highest BCUT2D eigenvalue weighted by molar-refractivity contribution is 5.55. The Morgan fingerprint density at radius 3 is 2.69 bits per heavy atom. The molecule has 1 saturated carbocycles. The number of anilines is 1. The largest absolute Gasteiger partial charge is 0.417 e. The number of halogens is 3. The van der Waals surface area contributed by atoms with Gasteiger partial charge in [-0.15, -0.1) is 0 Å². The number of hydrogen-bond acceptors (Lipinski definition) is 3. The van der Waals surface area contributed by atoms with E-state index in [4.69, 9.17) is 5.26 Å². The highest BCUT2D eigenvalue weighted by Gasteiger charge is 2.35. The summed E-state index contributed by atoms with van der Waals surface area (Å²) in [5.41, 5.74) is 0.507. The molecule has 3 nitrogen and oxygen atoms in total. The zero-order valence-electron chi connectivity index (χ0n) is 14.5. The van der Waals surface area contributed by atoms with Crippen LogP contribution in [0.15, 0.2) is 42.7 Å². The topological polar surface area (TPSA) is 39.9 Å². The van der Waals surface area contributed by atoms with Gasteiger partial charge < -0.3 is 4.90 Å². The van der Waals surface area contributed by atoms with Crippen molar-refractivity contribution >= 4 is 5.69 Å². The van der Waals surface area contributed by atoms with Crippen LogP contribution in [0.2, 0.25) is 0 Å². The van der Waals surface area contributed by atoms with Crippen LogP contribution in [0.1, 0.15) is 48.8 Å². The third-order valence-electron chi connectivity index (χ3n) is 5.10. The molecular formula is C20H20F3N3. The smallest absolute Gasteiger partial charge is 0.369 e. The Kier molecular flexibility index (Phi) is 5.17. The Hall–Kier alpha value is -2.55. The Labute approximate surface area is 151 Å². The number of benzene rings is 1. The van der Waals surface area contributed by atoms with Crippen LogP contribution >= 0.6 is 0 Å². The average Bonchev–Trinajstić information content (AvgIpc) is 3.12. The maximum atomic E-state index is 13.3. The van der Waals surface area contributed by atoms with Crippen molar-refractivity contribution in [1.29, 1.82) is 5.26 Å². The van der Waals surface area contributed by atoms with Crippen molar-refractivity contribution < 1.29 is 13.2 Å². The number of aromatic nitrogens is 1. The monoisotopic (exact) mass is 359 g/mol. The Bertz CT molecular complexity index is 796. The van der Waals surface area contributed by atoms with E-state index in [1.807, 2.05) is 24.1 Å². The summed E-state index contributed by atoms with van der Waals surface area (Å²) in [6, 6.07) is 9.79. The van der Waals surface area contributed by atoms with Gasteiger partial charge in [-0.2, -0.15) is 18.4 Å². The quantitative estimate of drug-likeness (QED) is 0.759. The van der Waals surface area contributed by atoms with Gasteiger partial charge in [0.15, 0.2) is 0 Å². The molecule has 2 atom stereocenters. The maximum absolute atomic E-state index is 13.3. The number of nitrogens with zero attached hydrogens (tertiary/aromatic N) is 3. The molecular weight excluding hydrogens is 339 g/mol. The van der Waals surface area contributed by atoms with Gasteiger partial charge in [0.05, 0.1) is 17.2 Å². The molecule has 0 spiro atoms. The van der Waals surface area contributed by atoms with Crippen LogP contribution < -0.4 is 4.90 Å². The molecule has 2 aromatic rings. The van der Waals surface area contributed by atoms with Crippen molar-refractivity contribution in [3.63, 3.8) is 0 Å². The van der Waals surface area contributed by atoms with Crippen LogP contribution in [0.25, 0.3) is 0 Å². The Morgan fingerprint density at radius 1 is 1.27 bits per heavy atom. The molecule has 1 aromatic carbocycles. The summed E-state index contributed by atoms with van der Waals surface area (Å²) >= 11 is 0. The second-order valence-corrected chi connectivity index (χ2v) is 6.58. The molecule has 1 aliphatic rings. The first-order chi connectivity index (χ1) is 12.4. The van der Waals surface area contributed by atoms with Crippen molar-refractivity contribution in [2.45, 2.75) is 44.3 Å². The molecule has 1 fully saturated rings.